The van der Waals surface area contributed by atoms with Crippen molar-refractivity contribution in [2.45, 2.75) is 31.2 Å². The minimum absolute atomic E-state index is 0.0226. The highest BCUT2D eigenvalue weighted by atomic mass is 19.1. The fraction of sp³-hybridized carbons (Fsp3) is 0.556. The number of piperidine rings is 1. The zero-order valence-electron chi connectivity index (χ0n) is 14.1. The summed E-state index contributed by atoms with van der Waals surface area (Å²) in [6, 6.07) is 5.66. The molecule has 2 saturated heterocycles. The number of nitrogens with one attached hydrogen (secondary N) is 2. The molecule has 136 valence electrons. The normalized spacial score (nSPS) is 24.6. The molecule has 0 radical (unpaired) electrons. The van der Waals surface area contributed by atoms with E-state index in [1.165, 1.54) is 17.0 Å². The molecule has 0 saturated carbocycles. The molecule has 2 heterocycles. The molecule has 3 rings (SSSR count). The highest BCUT2D eigenvalue weighted by molar-refractivity contribution is 6.07. The summed E-state index contributed by atoms with van der Waals surface area (Å²) < 4.78 is 13.2. The average Bonchev–Trinajstić information content (AvgIpc) is 2.87. The van der Waals surface area contributed by atoms with Crippen molar-refractivity contribution in [1.82, 2.24) is 15.5 Å². The van der Waals surface area contributed by atoms with Crippen LogP contribution in [0.1, 0.15) is 24.8 Å². The van der Waals surface area contributed by atoms with Gasteiger partial charge in [0.2, 0.25) is 0 Å². The van der Waals surface area contributed by atoms with Crippen LogP contribution in [0.25, 0.3) is 0 Å². The molecule has 2 aliphatic heterocycles. The van der Waals surface area contributed by atoms with Crippen molar-refractivity contribution in [2.24, 2.45) is 5.92 Å². The van der Waals surface area contributed by atoms with E-state index in [4.69, 9.17) is 5.11 Å². The van der Waals surface area contributed by atoms with Crippen LogP contribution in [0.4, 0.5) is 9.18 Å². The monoisotopic (exact) mass is 349 g/mol. The Kier molecular flexibility index (Phi) is 5.34. The molecule has 6 nitrogen and oxygen atoms in total. The quantitative estimate of drug-likeness (QED) is 0.671. The maximum atomic E-state index is 13.2. The minimum atomic E-state index is -0.994. The van der Waals surface area contributed by atoms with Gasteiger partial charge in [-0.1, -0.05) is 12.1 Å². The summed E-state index contributed by atoms with van der Waals surface area (Å²) in [5.74, 6) is -0.539. The van der Waals surface area contributed by atoms with E-state index in [1.807, 2.05) is 0 Å². The molecule has 1 aromatic carbocycles. The van der Waals surface area contributed by atoms with Crippen LogP contribution >= 0.6 is 0 Å². The standard InChI is InChI=1S/C18H24FN3O3/c19-15-4-2-13(3-5-15)12-18(14-6-8-20-9-7-14)16(24)22(10-1-11-23)17(25)21-18/h2-5,14,20,23H,1,6-12H2,(H,21,25)/t18-/m1/s1. The molecule has 1 atom stereocenters. The number of imide groups is 1. The first-order chi connectivity index (χ1) is 12.1. The SMILES string of the molecule is O=C1N[C@](Cc2ccc(F)cc2)(C2CCNCC2)C(=O)N1CCCO. The third kappa shape index (κ3) is 3.52. The van der Waals surface area contributed by atoms with Gasteiger partial charge in [-0.25, -0.2) is 9.18 Å². The van der Waals surface area contributed by atoms with Crippen molar-refractivity contribution in [3.8, 4) is 0 Å². The third-order valence-corrected chi connectivity index (χ3v) is 5.17. The van der Waals surface area contributed by atoms with Crippen LogP contribution in [0, 0.1) is 11.7 Å². The third-order valence-electron chi connectivity index (χ3n) is 5.17. The van der Waals surface area contributed by atoms with Crippen LogP contribution < -0.4 is 10.6 Å². The Bertz CT molecular complexity index is 631. The van der Waals surface area contributed by atoms with Gasteiger partial charge in [-0.2, -0.15) is 0 Å². The van der Waals surface area contributed by atoms with E-state index in [1.54, 1.807) is 12.1 Å². The van der Waals surface area contributed by atoms with Crippen molar-refractivity contribution in [3.05, 3.63) is 35.6 Å². The number of halogens is 1. The molecular formula is C18H24FN3O3. The number of hydrogen-bond acceptors (Lipinski definition) is 4. The fourth-order valence-corrected chi connectivity index (χ4v) is 3.86. The van der Waals surface area contributed by atoms with Crippen molar-refractivity contribution in [1.29, 1.82) is 0 Å². The summed E-state index contributed by atoms with van der Waals surface area (Å²) in [6.45, 7) is 1.73. The Labute approximate surface area is 146 Å². The maximum Gasteiger partial charge on any atom is 0.325 e. The van der Waals surface area contributed by atoms with Gasteiger partial charge in [0.05, 0.1) is 0 Å². The molecular weight excluding hydrogens is 325 g/mol. The van der Waals surface area contributed by atoms with Gasteiger partial charge >= 0.3 is 6.03 Å². The number of carbonyl (C=O) groups excluding carboxylic acids is 2. The van der Waals surface area contributed by atoms with Crippen molar-refractivity contribution in [2.75, 3.05) is 26.2 Å². The molecule has 0 bridgehead atoms. The van der Waals surface area contributed by atoms with Crippen LogP contribution in [-0.2, 0) is 11.2 Å². The molecule has 1 aromatic rings. The number of urea groups is 1. The molecule has 7 heteroatoms. The molecule has 2 aliphatic rings. The number of amides is 3. The van der Waals surface area contributed by atoms with Crippen LogP contribution in [-0.4, -0.2) is 53.7 Å². The lowest BCUT2D eigenvalue weighted by atomic mass is 9.74. The summed E-state index contributed by atoms with van der Waals surface area (Å²) in [5.41, 5.74) is -0.176. The summed E-state index contributed by atoms with van der Waals surface area (Å²) in [5, 5.41) is 15.2. The van der Waals surface area contributed by atoms with Crippen LogP contribution in [0.3, 0.4) is 0 Å². The van der Waals surface area contributed by atoms with Crippen molar-refractivity contribution in [3.63, 3.8) is 0 Å². The predicted octanol–water partition coefficient (Wildman–Crippen LogP) is 1.04. The second-order valence-corrected chi connectivity index (χ2v) is 6.76. The second kappa shape index (κ2) is 7.49. The summed E-state index contributed by atoms with van der Waals surface area (Å²) in [4.78, 5) is 26.8. The first-order valence-corrected chi connectivity index (χ1v) is 8.77. The lowest BCUT2D eigenvalue weighted by Gasteiger charge is -2.38. The van der Waals surface area contributed by atoms with Gasteiger partial charge < -0.3 is 15.7 Å². The summed E-state index contributed by atoms with van der Waals surface area (Å²) in [7, 11) is 0. The van der Waals surface area contributed by atoms with E-state index in [9.17, 15) is 14.0 Å². The summed E-state index contributed by atoms with van der Waals surface area (Å²) in [6.07, 6.45) is 2.29. The number of benzene rings is 1. The van der Waals surface area contributed by atoms with E-state index in [0.29, 0.717) is 12.8 Å². The van der Waals surface area contributed by atoms with E-state index < -0.39 is 11.6 Å². The zero-order valence-corrected chi connectivity index (χ0v) is 14.1. The van der Waals surface area contributed by atoms with E-state index in [2.05, 4.69) is 10.6 Å². The Hall–Kier alpha value is -1.99. The Morgan fingerprint density at radius 2 is 1.88 bits per heavy atom. The first-order valence-electron chi connectivity index (χ1n) is 8.77. The minimum Gasteiger partial charge on any atom is -0.396 e. The number of rotatable bonds is 6. The van der Waals surface area contributed by atoms with Gasteiger partial charge in [-0.05, 0) is 56.0 Å². The Balaban J connectivity index is 1.90. The Morgan fingerprint density at radius 1 is 1.20 bits per heavy atom. The molecule has 3 N–H and O–H groups in total. The number of nitrogens with zero attached hydrogens (tertiary/aromatic N) is 1. The molecule has 0 aromatic heterocycles. The predicted molar refractivity (Wildman–Crippen MR) is 90.4 cm³/mol. The largest absolute Gasteiger partial charge is 0.396 e. The topological polar surface area (TPSA) is 81.7 Å². The maximum absolute atomic E-state index is 13.2. The molecule has 0 spiro atoms. The average molecular weight is 349 g/mol. The highest BCUT2D eigenvalue weighted by Gasteiger charge is 2.55. The highest BCUT2D eigenvalue weighted by Crippen LogP contribution is 2.35. The van der Waals surface area contributed by atoms with Gasteiger partial charge in [0, 0.05) is 19.6 Å². The second-order valence-electron chi connectivity index (χ2n) is 6.76. The molecule has 0 unspecified atom stereocenters. The van der Waals surface area contributed by atoms with E-state index >= 15 is 0 Å². The number of hydrogen-bond donors (Lipinski definition) is 3. The Morgan fingerprint density at radius 3 is 2.52 bits per heavy atom. The van der Waals surface area contributed by atoms with Gasteiger partial charge in [-0.15, -0.1) is 0 Å². The number of carbonyl (C=O) groups is 2. The summed E-state index contributed by atoms with van der Waals surface area (Å²) >= 11 is 0. The lowest BCUT2D eigenvalue weighted by molar-refractivity contribution is -0.133. The van der Waals surface area contributed by atoms with Crippen LogP contribution in [0.2, 0.25) is 0 Å². The molecule has 3 amide bonds. The van der Waals surface area contributed by atoms with Crippen LogP contribution in [0.15, 0.2) is 24.3 Å². The molecule has 0 aliphatic carbocycles. The van der Waals surface area contributed by atoms with Gasteiger partial charge in [-0.3, -0.25) is 9.69 Å². The van der Waals surface area contributed by atoms with E-state index in [0.717, 1.165) is 31.5 Å². The van der Waals surface area contributed by atoms with Crippen molar-refractivity contribution >= 4 is 11.9 Å². The van der Waals surface area contributed by atoms with E-state index in [-0.39, 0.29) is 30.8 Å². The molecule has 2 fully saturated rings. The first kappa shape index (κ1) is 17.8. The van der Waals surface area contributed by atoms with Gasteiger partial charge in [0.1, 0.15) is 11.4 Å². The van der Waals surface area contributed by atoms with Gasteiger partial charge in [0.25, 0.3) is 5.91 Å². The van der Waals surface area contributed by atoms with Crippen LogP contribution in [0.5, 0.6) is 0 Å². The molecule has 25 heavy (non-hydrogen) atoms. The number of aliphatic hydroxyl groups excluding tert-OH is 1. The smallest absolute Gasteiger partial charge is 0.325 e. The van der Waals surface area contributed by atoms with Gasteiger partial charge in [0.15, 0.2) is 0 Å². The lowest BCUT2D eigenvalue weighted by Crippen LogP contribution is -2.57. The zero-order chi connectivity index (χ0) is 17.9. The number of aliphatic hydroxyl groups is 1. The fourth-order valence-electron chi connectivity index (χ4n) is 3.86. The van der Waals surface area contributed by atoms with Crippen molar-refractivity contribution < 1.29 is 19.1 Å².